The zero-order valence-corrected chi connectivity index (χ0v) is 32.0. The van der Waals surface area contributed by atoms with Crippen molar-refractivity contribution in [3.8, 4) is 23.3 Å². The molecule has 10 rings (SSSR count). The van der Waals surface area contributed by atoms with Crippen LogP contribution in [-0.2, 0) is 5.41 Å². The fourth-order valence-electron chi connectivity index (χ4n) is 7.43. The van der Waals surface area contributed by atoms with E-state index in [4.69, 9.17) is 10.5 Å². The highest BCUT2D eigenvalue weighted by atomic mass is 14.9. The van der Waals surface area contributed by atoms with Crippen LogP contribution < -0.4 is 5.32 Å². The smallest absolute Gasteiger partial charge is 0.0991 e. The average molecular weight is 744 g/mol. The normalized spacial score (nSPS) is 11.2. The van der Waals surface area contributed by atoms with E-state index in [2.05, 4.69) is 133 Å². The monoisotopic (exact) mass is 743 g/mol. The summed E-state index contributed by atoms with van der Waals surface area (Å²) in [5, 5.41) is 22.8. The number of nitrogens with zero attached hydrogens (tertiary/aromatic N) is 2. The van der Waals surface area contributed by atoms with Gasteiger partial charge >= 0.3 is 0 Å². The van der Waals surface area contributed by atoms with Crippen molar-refractivity contribution < 1.29 is 0 Å². The Morgan fingerprint density at radius 1 is 0.345 bits per heavy atom. The van der Waals surface area contributed by atoms with Crippen molar-refractivity contribution in [2.45, 2.75) is 5.41 Å². The molecule has 0 unspecified atom stereocenters. The van der Waals surface area contributed by atoms with Crippen molar-refractivity contribution in [1.29, 1.82) is 10.5 Å². The molecule has 1 aliphatic carbocycles. The molecule has 0 fully saturated rings. The van der Waals surface area contributed by atoms with E-state index in [0.717, 1.165) is 11.4 Å². The first-order valence-corrected chi connectivity index (χ1v) is 19.2. The summed E-state index contributed by atoms with van der Waals surface area (Å²) in [5.41, 5.74) is 11.2. The lowest BCUT2D eigenvalue weighted by molar-refractivity contribution is 0.769. The quantitative estimate of drug-likeness (QED) is 0.195. The van der Waals surface area contributed by atoms with Gasteiger partial charge in [-0.2, -0.15) is 10.5 Å². The topological polar surface area (TPSA) is 59.6 Å². The minimum atomic E-state index is -0.307. The first-order valence-electron chi connectivity index (χ1n) is 19.2. The zero-order valence-electron chi connectivity index (χ0n) is 32.0. The maximum atomic E-state index is 8.65. The van der Waals surface area contributed by atoms with Gasteiger partial charge in [0.2, 0.25) is 0 Å². The second kappa shape index (κ2) is 19.1. The molecule has 276 valence electrons. The molecule has 0 bridgehead atoms. The SMILES string of the molecule is N#Cc1ccc(Nc2ccccc2)cc1.N#Cc1ccccc1.c1ccc(C2(c3ccccc3)c3ccccc3-c3c2ccc2ccccc32)cc1.c1ccccc1. The van der Waals surface area contributed by atoms with Crippen molar-refractivity contribution >= 4 is 22.1 Å². The molecule has 9 aromatic carbocycles. The Hall–Kier alpha value is -7.98. The van der Waals surface area contributed by atoms with Crippen LogP contribution in [0.25, 0.3) is 21.9 Å². The second-order valence-corrected chi connectivity index (χ2v) is 13.5. The third-order valence-corrected chi connectivity index (χ3v) is 9.99. The highest BCUT2D eigenvalue weighted by Crippen LogP contribution is 2.57. The molecule has 0 spiro atoms. The Morgan fingerprint density at radius 3 is 1.33 bits per heavy atom. The van der Waals surface area contributed by atoms with E-state index in [1.54, 1.807) is 24.3 Å². The van der Waals surface area contributed by atoms with Crippen LogP contribution in [-0.4, -0.2) is 0 Å². The third-order valence-electron chi connectivity index (χ3n) is 9.99. The van der Waals surface area contributed by atoms with Gasteiger partial charge in [-0.15, -0.1) is 0 Å². The van der Waals surface area contributed by atoms with Crippen LogP contribution >= 0.6 is 0 Å². The molecule has 58 heavy (non-hydrogen) atoms. The van der Waals surface area contributed by atoms with Gasteiger partial charge in [0.15, 0.2) is 0 Å². The number of hydrogen-bond acceptors (Lipinski definition) is 3. The molecular formula is C55H41N3. The van der Waals surface area contributed by atoms with E-state index >= 15 is 0 Å². The molecule has 1 aliphatic rings. The minimum absolute atomic E-state index is 0.307. The second-order valence-electron chi connectivity index (χ2n) is 13.5. The lowest BCUT2D eigenvalue weighted by Gasteiger charge is -2.33. The van der Waals surface area contributed by atoms with Crippen LogP contribution in [0.2, 0.25) is 0 Å². The molecule has 0 amide bonds. The van der Waals surface area contributed by atoms with E-state index in [1.165, 1.54) is 44.2 Å². The first-order chi connectivity index (χ1) is 28.7. The number of anilines is 2. The Bertz CT molecular complexity index is 2670. The Labute approximate surface area is 341 Å². The molecule has 1 N–H and O–H groups in total. The van der Waals surface area contributed by atoms with Crippen molar-refractivity contribution in [3.63, 3.8) is 0 Å². The first kappa shape index (κ1) is 38.3. The van der Waals surface area contributed by atoms with E-state index < -0.39 is 0 Å². The maximum absolute atomic E-state index is 8.65. The summed E-state index contributed by atoms with van der Waals surface area (Å²) in [6, 6.07) is 86.8. The van der Waals surface area contributed by atoms with Crippen molar-refractivity contribution in [1.82, 2.24) is 0 Å². The fourth-order valence-corrected chi connectivity index (χ4v) is 7.43. The van der Waals surface area contributed by atoms with Gasteiger partial charge in [0.05, 0.1) is 28.7 Å². The van der Waals surface area contributed by atoms with Crippen LogP contribution in [0.1, 0.15) is 33.4 Å². The average Bonchev–Trinajstić information content (AvgIpc) is 3.63. The largest absolute Gasteiger partial charge is 0.356 e. The van der Waals surface area contributed by atoms with Crippen molar-refractivity contribution in [2.75, 3.05) is 5.32 Å². The number of fused-ring (bicyclic) bond motifs is 5. The predicted molar refractivity (Wildman–Crippen MR) is 240 cm³/mol. The van der Waals surface area contributed by atoms with E-state index in [1.807, 2.05) is 103 Å². The van der Waals surface area contributed by atoms with Gasteiger partial charge in [0.25, 0.3) is 0 Å². The van der Waals surface area contributed by atoms with Gasteiger partial charge in [-0.1, -0.05) is 194 Å². The van der Waals surface area contributed by atoms with Crippen LogP contribution in [0.15, 0.2) is 243 Å². The molecule has 0 saturated carbocycles. The number of nitrogens with one attached hydrogen (secondary N) is 1. The summed E-state index contributed by atoms with van der Waals surface area (Å²) in [7, 11) is 0. The molecule has 3 nitrogen and oxygen atoms in total. The summed E-state index contributed by atoms with van der Waals surface area (Å²) in [5.74, 6) is 0. The van der Waals surface area contributed by atoms with Crippen LogP contribution in [0.3, 0.4) is 0 Å². The fraction of sp³-hybridized carbons (Fsp3) is 0.0182. The standard InChI is InChI=1S/C29H20.C13H10N2.C7H5N.C6H6/c1-3-12-22(13-4-1)29(23-14-5-2-6-15-23)26-18-10-9-17-25(26)28-24-16-8-7-11-21(24)19-20-27(28)29;14-10-11-6-8-13(9-7-11)15-12-4-2-1-3-5-12;8-6-7-4-2-1-3-5-7;1-2-4-6-5-3-1/h1-20H;1-9,15H;1-5H;1-6H. The zero-order chi connectivity index (χ0) is 39.8. The number of nitriles is 2. The number of rotatable bonds is 4. The predicted octanol–water partition coefficient (Wildman–Crippen LogP) is 13.7. The Balaban J connectivity index is 0.000000146. The van der Waals surface area contributed by atoms with E-state index in [-0.39, 0.29) is 5.41 Å². The molecule has 0 heterocycles. The van der Waals surface area contributed by atoms with Crippen LogP contribution in [0, 0.1) is 22.7 Å². The minimum Gasteiger partial charge on any atom is -0.356 e. The summed E-state index contributed by atoms with van der Waals surface area (Å²) >= 11 is 0. The van der Waals surface area contributed by atoms with Crippen LogP contribution in [0.5, 0.6) is 0 Å². The summed E-state index contributed by atoms with van der Waals surface area (Å²) in [6.45, 7) is 0. The highest BCUT2D eigenvalue weighted by molar-refractivity contribution is 6.04. The molecule has 0 atom stereocenters. The van der Waals surface area contributed by atoms with Gasteiger partial charge in [0, 0.05) is 11.4 Å². The molecule has 0 aromatic heterocycles. The van der Waals surface area contributed by atoms with Gasteiger partial charge in [0.1, 0.15) is 0 Å². The van der Waals surface area contributed by atoms with Crippen molar-refractivity contribution in [2.24, 2.45) is 0 Å². The molecule has 0 radical (unpaired) electrons. The lowest BCUT2D eigenvalue weighted by Crippen LogP contribution is -2.28. The molecule has 0 aliphatic heterocycles. The number of para-hydroxylation sites is 1. The molecule has 0 saturated heterocycles. The van der Waals surface area contributed by atoms with Crippen molar-refractivity contribution in [3.05, 3.63) is 276 Å². The molecule has 9 aromatic rings. The van der Waals surface area contributed by atoms with Gasteiger partial charge in [-0.25, -0.2) is 0 Å². The van der Waals surface area contributed by atoms with Gasteiger partial charge < -0.3 is 5.32 Å². The Morgan fingerprint density at radius 2 is 0.776 bits per heavy atom. The van der Waals surface area contributed by atoms with Gasteiger partial charge in [-0.3, -0.25) is 0 Å². The molecule has 3 heteroatoms. The highest BCUT2D eigenvalue weighted by Gasteiger charge is 2.46. The van der Waals surface area contributed by atoms with E-state index in [9.17, 15) is 0 Å². The third kappa shape index (κ3) is 8.61. The number of hydrogen-bond donors (Lipinski definition) is 1. The lowest BCUT2D eigenvalue weighted by atomic mass is 9.67. The number of benzene rings is 9. The summed E-state index contributed by atoms with van der Waals surface area (Å²) in [4.78, 5) is 0. The van der Waals surface area contributed by atoms with Gasteiger partial charge in [-0.05, 0) is 92.7 Å². The Kier molecular flexibility index (Phi) is 12.6. The summed E-state index contributed by atoms with van der Waals surface area (Å²) < 4.78 is 0. The van der Waals surface area contributed by atoms with E-state index in [0.29, 0.717) is 11.1 Å². The molecular weight excluding hydrogens is 703 g/mol. The van der Waals surface area contributed by atoms with Crippen LogP contribution in [0.4, 0.5) is 11.4 Å². The maximum Gasteiger partial charge on any atom is 0.0991 e. The summed E-state index contributed by atoms with van der Waals surface area (Å²) in [6.07, 6.45) is 0.